The summed E-state index contributed by atoms with van der Waals surface area (Å²) in [5, 5.41) is 2.33. The van der Waals surface area contributed by atoms with Crippen LogP contribution in [-0.4, -0.2) is 16.4 Å². The molecule has 2 amide bonds. The molecule has 142 valence electrons. The van der Waals surface area contributed by atoms with E-state index in [4.69, 9.17) is 0 Å². The van der Waals surface area contributed by atoms with Crippen LogP contribution >= 0.6 is 0 Å². The van der Waals surface area contributed by atoms with Crippen molar-refractivity contribution < 1.29 is 9.59 Å². The molecule has 5 heteroatoms. The first-order valence-corrected chi connectivity index (χ1v) is 9.32. The Hall–Kier alpha value is -3.34. The lowest BCUT2D eigenvalue weighted by Crippen LogP contribution is -2.35. The number of rotatable bonds is 2. The Morgan fingerprint density at radius 1 is 0.929 bits per heavy atom. The van der Waals surface area contributed by atoms with Crippen LogP contribution in [0.3, 0.4) is 0 Å². The molecule has 1 saturated heterocycles. The molecule has 28 heavy (non-hydrogen) atoms. The number of para-hydroxylation sites is 2. The minimum absolute atomic E-state index is 0.127. The summed E-state index contributed by atoms with van der Waals surface area (Å²) < 4.78 is 2.25. The van der Waals surface area contributed by atoms with E-state index >= 15 is 0 Å². The number of hydrazine groups is 1. The Balaban J connectivity index is 1.86. The predicted molar refractivity (Wildman–Crippen MR) is 112 cm³/mol. The number of anilines is 1. The Labute approximate surface area is 164 Å². The molecule has 0 unspecified atom stereocenters. The zero-order valence-electron chi connectivity index (χ0n) is 16.5. The summed E-state index contributed by atoms with van der Waals surface area (Å²) in [7, 11) is 0. The van der Waals surface area contributed by atoms with Gasteiger partial charge in [-0.2, -0.15) is 0 Å². The quantitative estimate of drug-likeness (QED) is 0.542. The minimum Gasteiger partial charge on any atom is -0.339 e. The minimum atomic E-state index is -0.388. The van der Waals surface area contributed by atoms with Gasteiger partial charge in [0.15, 0.2) is 0 Å². The van der Waals surface area contributed by atoms with Gasteiger partial charge in [-0.05, 0) is 52.0 Å². The highest BCUT2D eigenvalue weighted by molar-refractivity contribution is 6.32. The largest absolute Gasteiger partial charge is 0.339 e. The molecule has 0 saturated carbocycles. The third kappa shape index (κ3) is 2.80. The average Bonchev–Trinajstić information content (AvgIpc) is 3.10. The highest BCUT2D eigenvalue weighted by Gasteiger charge is 2.35. The fourth-order valence-corrected chi connectivity index (χ4v) is 3.90. The molecule has 1 aliphatic heterocycles. The van der Waals surface area contributed by atoms with Crippen molar-refractivity contribution in [3.05, 3.63) is 71.4 Å². The number of hydrogen-bond donors (Lipinski definition) is 1. The third-order valence-electron chi connectivity index (χ3n) is 5.03. The molecule has 1 N–H and O–H groups in total. The number of carbonyl (C=O) groups excluding carboxylic acids is 2. The van der Waals surface area contributed by atoms with Crippen LogP contribution in [0.1, 0.15) is 32.0 Å². The molecule has 0 atom stereocenters. The zero-order chi connectivity index (χ0) is 20.1. The Morgan fingerprint density at radius 2 is 1.57 bits per heavy atom. The van der Waals surface area contributed by atoms with Gasteiger partial charge in [-0.3, -0.25) is 15.0 Å². The number of fused-ring (bicyclic) bond motifs is 1. The van der Waals surface area contributed by atoms with Crippen LogP contribution < -0.4 is 10.4 Å². The van der Waals surface area contributed by atoms with Crippen LogP contribution in [0.15, 0.2) is 60.2 Å². The van der Waals surface area contributed by atoms with E-state index < -0.39 is 0 Å². The second-order valence-corrected chi connectivity index (χ2v) is 8.00. The van der Waals surface area contributed by atoms with Crippen molar-refractivity contribution in [2.45, 2.75) is 33.2 Å². The van der Waals surface area contributed by atoms with Crippen molar-refractivity contribution in [1.29, 1.82) is 0 Å². The second kappa shape index (κ2) is 6.37. The molecule has 2 heterocycles. The smallest absolute Gasteiger partial charge is 0.282 e. The van der Waals surface area contributed by atoms with Crippen molar-refractivity contribution >= 4 is 34.5 Å². The lowest BCUT2D eigenvalue weighted by Gasteiger charge is -2.25. The standard InChI is InChI=1S/C23H23N3O2/c1-15-18(17-12-8-9-13-20(17)25(15)23(2,3)4)14-19-21(27)24-26(22(19)28)16-10-6-5-7-11-16/h5-14H,1-4H3,(H,24,27). The van der Waals surface area contributed by atoms with Gasteiger partial charge < -0.3 is 4.57 Å². The third-order valence-corrected chi connectivity index (χ3v) is 5.03. The van der Waals surface area contributed by atoms with Gasteiger partial charge in [0.05, 0.1) is 5.69 Å². The summed E-state index contributed by atoms with van der Waals surface area (Å²) in [6.07, 6.45) is 1.72. The Kier molecular flexibility index (Phi) is 4.11. The number of nitrogens with one attached hydrogen (secondary N) is 1. The normalized spacial score (nSPS) is 16.3. The van der Waals surface area contributed by atoms with E-state index in [1.165, 1.54) is 5.01 Å². The van der Waals surface area contributed by atoms with Crippen LogP contribution in [0.25, 0.3) is 17.0 Å². The van der Waals surface area contributed by atoms with Crippen LogP contribution in [0.4, 0.5) is 5.69 Å². The molecule has 0 bridgehead atoms. The number of benzene rings is 2. The van der Waals surface area contributed by atoms with E-state index in [0.29, 0.717) is 5.69 Å². The highest BCUT2D eigenvalue weighted by atomic mass is 16.2. The molecule has 5 nitrogen and oxygen atoms in total. The van der Waals surface area contributed by atoms with Crippen molar-refractivity contribution in [2.75, 3.05) is 5.01 Å². The van der Waals surface area contributed by atoms with Gasteiger partial charge in [-0.1, -0.05) is 36.4 Å². The maximum absolute atomic E-state index is 12.9. The van der Waals surface area contributed by atoms with E-state index in [1.54, 1.807) is 18.2 Å². The first kappa shape index (κ1) is 18.0. The maximum atomic E-state index is 12.9. The molecule has 1 aliphatic rings. The average molecular weight is 373 g/mol. The number of nitrogens with zero attached hydrogens (tertiary/aromatic N) is 2. The number of carbonyl (C=O) groups is 2. The second-order valence-electron chi connectivity index (χ2n) is 8.00. The molecule has 0 spiro atoms. The van der Waals surface area contributed by atoms with Crippen molar-refractivity contribution in [1.82, 2.24) is 9.99 Å². The van der Waals surface area contributed by atoms with Gasteiger partial charge in [0.25, 0.3) is 11.8 Å². The summed E-state index contributed by atoms with van der Waals surface area (Å²) >= 11 is 0. The highest BCUT2D eigenvalue weighted by Crippen LogP contribution is 2.33. The topological polar surface area (TPSA) is 54.3 Å². The predicted octanol–water partition coefficient (Wildman–Crippen LogP) is 4.17. The van der Waals surface area contributed by atoms with Crippen LogP contribution in [0.2, 0.25) is 0 Å². The summed E-state index contributed by atoms with van der Waals surface area (Å²) in [4.78, 5) is 25.5. The van der Waals surface area contributed by atoms with Gasteiger partial charge in [0.2, 0.25) is 0 Å². The first-order chi connectivity index (χ1) is 13.3. The van der Waals surface area contributed by atoms with Crippen LogP contribution in [0, 0.1) is 6.92 Å². The van der Waals surface area contributed by atoms with Crippen molar-refractivity contribution in [2.24, 2.45) is 0 Å². The number of aromatic nitrogens is 1. The number of amides is 2. The van der Waals surface area contributed by atoms with E-state index in [0.717, 1.165) is 22.2 Å². The molecule has 1 fully saturated rings. The molecule has 0 aliphatic carbocycles. The lowest BCUT2D eigenvalue weighted by atomic mass is 10.1. The molecular formula is C23H23N3O2. The first-order valence-electron chi connectivity index (χ1n) is 9.32. The molecule has 0 radical (unpaired) electrons. The van der Waals surface area contributed by atoms with Gasteiger partial charge in [-0.15, -0.1) is 0 Å². The fourth-order valence-electron chi connectivity index (χ4n) is 3.90. The van der Waals surface area contributed by atoms with Gasteiger partial charge in [0, 0.05) is 27.7 Å². The van der Waals surface area contributed by atoms with Gasteiger partial charge in [0.1, 0.15) is 5.57 Å². The Bertz CT molecular complexity index is 1120. The van der Waals surface area contributed by atoms with E-state index in [9.17, 15) is 9.59 Å². The SMILES string of the molecule is Cc1c(C=C2C(=O)NN(c3ccccc3)C2=O)c2ccccc2n1C(C)(C)C. The molecular weight excluding hydrogens is 350 g/mol. The molecule has 3 aromatic rings. The molecule has 2 aromatic carbocycles. The van der Waals surface area contributed by atoms with E-state index in [-0.39, 0.29) is 22.9 Å². The van der Waals surface area contributed by atoms with Crippen LogP contribution in [0.5, 0.6) is 0 Å². The van der Waals surface area contributed by atoms with E-state index in [1.807, 2.05) is 43.3 Å². The summed E-state index contributed by atoms with van der Waals surface area (Å²) in [5.41, 5.74) is 6.34. The maximum Gasteiger partial charge on any atom is 0.282 e. The van der Waals surface area contributed by atoms with Gasteiger partial charge >= 0.3 is 0 Å². The monoisotopic (exact) mass is 373 g/mol. The van der Waals surface area contributed by atoms with E-state index in [2.05, 4.69) is 36.8 Å². The molecule has 4 rings (SSSR count). The lowest BCUT2D eigenvalue weighted by molar-refractivity contribution is -0.117. The van der Waals surface area contributed by atoms with Crippen LogP contribution in [-0.2, 0) is 15.1 Å². The van der Waals surface area contributed by atoms with Gasteiger partial charge in [-0.25, -0.2) is 5.01 Å². The summed E-state index contributed by atoms with van der Waals surface area (Å²) in [5.74, 6) is -0.732. The summed E-state index contributed by atoms with van der Waals surface area (Å²) in [6.45, 7) is 8.47. The van der Waals surface area contributed by atoms with Crippen molar-refractivity contribution in [3.8, 4) is 0 Å². The summed E-state index contributed by atoms with van der Waals surface area (Å²) in [6, 6.07) is 17.2. The zero-order valence-corrected chi connectivity index (χ0v) is 16.5. The van der Waals surface area contributed by atoms with Crippen molar-refractivity contribution in [3.63, 3.8) is 0 Å². The molecule has 1 aromatic heterocycles. The number of hydrogen-bond acceptors (Lipinski definition) is 2. The fraction of sp³-hybridized carbons (Fsp3) is 0.217. The Morgan fingerprint density at radius 3 is 2.25 bits per heavy atom.